The molecule has 2 heterocycles. The Bertz CT molecular complexity index is 1680. The Kier molecular flexibility index (Phi) is 5.62. The van der Waals surface area contributed by atoms with Crippen molar-refractivity contribution in [3.05, 3.63) is 64.8 Å². The highest BCUT2D eigenvalue weighted by molar-refractivity contribution is 6.06. The number of fused-ring (bicyclic) bond motifs is 3. The molecule has 0 unspecified atom stereocenters. The summed E-state index contributed by atoms with van der Waals surface area (Å²) in [7, 11) is 1.93. The van der Waals surface area contributed by atoms with E-state index in [9.17, 15) is 0 Å². The Balaban J connectivity index is 1.92. The van der Waals surface area contributed by atoms with Crippen molar-refractivity contribution in [3.63, 3.8) is 0 Å². The number of nitrogens with zero attached hydrogens (tertiary/aromatic N) is 1. The third-order valence-electron chi connectivity index (χ3n) is 7.41. The fraction of sp³-hybridized carbons (Fsp3) is 0.472. The highest BCUT2D eigenvalue weighted by Gasteiger charge is 2.34. The van der Waals surface area contributed by atoms with Crippen LogP contribution >= 0.6 is 0 Å². The summed E-state index contributed by atoms with van der Waals surface area (Å²) in [6, 6.07) is 11.5. The van der Waals surface area contributed by atoms with Crippen LogP contribution in [0.15, 0.2) is 42.5 Å². The van der Waals surface area contributed by atoms with Crippen molar-refractivity contribution in [1.82, 2.24) is 0 Å². The molecule has 0 radical (unpaired) electrons. The van der Waals surface area contributed by atoms with Crippen LogP contribution in [-0.2, 0) is 26.3 Å². The van der Waals surface area contributed by atoms with Gasteiger partial charge >= 0.3 is 0 Å². The van der Waals surface area contributed by atoms with Gasteiger partial charge in [-0.2, -0.15) is 0 Å². The normalized spacial score (nSPS) is 14.4. The van der Waals surface area contributed by atoms with Crippen LogP contribution in [0.4, 0.5) is 0 Å². The number of hydrogen-bond donors (Lipinski definition) is 0. The third-order valence-corrected chi connectivity index (χ3v) is 7.41. The highest BCUT2D eigenvalue weighted by Crippen LogP contribution is 2.52. The Morgan fingerprint density at radius 2 is 1.42 bits per heavy atom. The van der Waals surface area contributed by atoms with Crippen LogP contribution in [0.25, 0.3) is 32.8 Å². The summed E-state index contributed by atoms with van der Waals surface area (Å²) in [5.41, 5.74) is 7.29. The molecule has 0 saturated carbocycles. The Labute approximate surface area is 232 Å². The SMILES string of the molecule is [2H]c1c([2H])[n+](C)c2c3c(cc(CC(C)(C)C)cc13)Oc1c-2c(C)c2cc(CC(C)(C)C)ccc2c1CC(C)(C)C. The van der Waals surface area contributed by atoms with E-state index in [4.69, 9.17) is 7.48 Å². The van der Waals surface area contributed by atoms with Gasteiger partial charge in [-0.1, -0.05) is 86.6 Å². The van der Waals surface area contributed by atoms with Gasteiger partial charge in [0, 0.05) is 11.6 Å². The van der Waals surface area contributed by atoms with Gasteiger partial charge in [0.05, 0.1) is 12.3 Å². The van der Waals surface area contributed by atoms with Crippen molar-refractivity contribution in [3.8, 4) is 22.8 Å². The molecule has 3 aromatic carbocycles. The molecule has 0 aliphatic carbocycles. The van der Waals surface area contributed by atoms with Crippen LogP contribution in [0, 0.1) is 23.2 Å². The van der Waals surface area contributed by atoms with Crippen LogP contribution in [0.3, 0.4) is 0 Å². The average molecular weight is 511 g/mol. The van der Waals surface area contributed by atoms with Crippen molar-refractivity contribution < 1.29 is 12.0 Å². The molecule has 0 atom stereocenters. The molecule has 1 aliphatic heterocycles. The minimum atomic E-state index is 0.0564. The van der Waals surface area contributed by atoms with Crippen molar-refractivity contribution in [2.75, 3.05) is 0 Å². The Hall–Kier alpha value is -2.87. The number of aromatic nitrogens is 1. The number of aryl methyl sites for hydroxylation is 1. The summed E-state index contributed by atoms with van der Waals surface area (Å²) in [4.78, 5) is 0. The van der Waals surface area contributed by atoms with Crippen molar-refractivity contribution >= 4 is 21.5 Å². The lowest BCUT2D eigenvalue weighted by atomic mass is 9.80. The lowest BCUT2D eigenvalue weighted by molar-refractivity contribution is -0.659. The van der Waals surface area contributed by atoms with E-state index in [1.165, 1.54) is 27.5 Å². The van der Waals surface area contributed by atoms with Crippen molar-refractivity contribution in [2.24, 2.45) is 23.3 Å². The lowest BCUT2D eigenvalue weighted by Crippen LogP contribution is -2.32. The Morgan fingerprint density at radius 1 is 0.789 bits per heavy atom. The van der Waals surface area contributed by atoms with Gasteiger partial charge in [0.15, 0.2) is 6.17 Å². The van der Waals surface area contributed by atoms with Crippen LogP contribution in [0.5, 0.6) is 11.5 Å². The highest BCUT2D eigenvalue weighted by atomic mass is 16.5. The largest absolute Gasteiger partial charge is 0.455 e. The minimum Gasteiger partial charge on any atom is -0.455 e. The van der Waals surface area contributed by atoms with Crippen LogP contribution in [-0.4, -0.2) is 0 Å². The van der Waals surface area contributed by atoms with Crippen LogP contribution in [0.2, 0.25) is 0 Å². The van der Waals surface area contributed by atoms with E-state index < -0.39 is 0 Å². The van der Waals surface area contributed by atoms with Gasteiger partial charge in [0.1, 0.15) is 19.9 Å². The fourth-order valence-electron chi connectivity index (χ4n) is 6.15. The first-order valence-electron chi connectivity index (χ1n) is 15.1. The molecule has 2 nitrogen and oxygen atoms in total. The van der Waals surface area contributed by atoms with Crippen molar-refractivity contribution in [1.29, 1.82) is 0 Å². The maximum absolute atomic E-state index is 8.96. The lowest BCUT2D eigenvalue weighted by Gasteiger charge is -2.29. The molecule has 0 amide bonds. The quantitative estimate of drug-likeness (QED) is 0.220. The van der Waals surface area contributed by atoms with E-state index in [0.717, 1.165) is 58.4 Å². The van der Waals surface area contributed by atoms with Gasteiger partial charge in [-0.3, -0.25) is 0 Å². The van der Waals surface area contributed by atoms with Crippen LogP contribution < -0.4 is 9.30 Å². The van der Waals surface area contributed by atoms with E-state index in [1.807, 2.05) is 11.6 Å². The van der Waals surface area contributed by atoms with Gasteiger partial charge in [0.2, 0.25) is 5.69 Å². The summed E-state index contributed by atoms with van der Waals surface area (Å²) in [6.45, 7) is 22.6. The summed E-state index contributed by atoms with van der Waals surface area (Å²) in [5, 5.41) is 4.26. The first-order chi connectivity index (χ1) is 18.3. The summed E-state index contributed by atoms with van der Waals surface area (Å²) in [6.07, 6.45) is 2.98. The van der Waals surface area contributed by atoms with E-state index in [-0.39, 0.29) is 28.5 Å². The topological polar surface area (TPSA) is 13.1 Å². The smallest absolute Gasteiger partial charge is 0.228 e. The number of rotatable bonds is 3. The molecule has 5 rings (SSSR count). The number of hydrogen-bond acceptors (Lipinski definition) is 1. The third kappa shape index (κ3) is 5.07. The van der Waals surface area contributed by atoms with E-state index in [1.54, 1.807) is 0 Å². The first kappa shape index (κ1) is 24.2. The molecule has 1 aliphatic rings. The number of benzene rings is 3. The number of ether oxygens (including phenoxy) is 1. The molecular formula is C36H46NO+. The first-order valence-corrected chi connectivity index (χ1v) is 14.1. The minimum absolute atomic E-state index is 0.0564. The Morgan fingerprint density at radius 3 is 2.05 bits per heavy atom. The second-order valence-electron chi connectivity index (χ2n) is 15.2. The molecule has 0 spiro atoms. The zero-order valence-corrected chi connectivity index (χ0v) is 25.4. The van der Waals surface area contributed by atoms with E-state index in [2.05, 4.69) is 99.6 Å². The van der Waals surface area contributed by atoms with Crippen molar-refractivity contribution in [2.45, 2.75) is 88.5 Å². The molecule has 0 bridgehead atoms. The number of pyridine rings is 1. The zero-order valence-electron chi connectivity index (χ0n) is 27.4. The second-order valence-corrected chi connectivity index (χ2v) is 15.2. The molecule has 0 saturated heterocycles. The second kappa shape index (κ2) is 8.83. The predicted octanol–water partition coefficient (Wildman–Crippen LogP) is 9.66. The zero-order chi connectivity index (χ0) is 29.5. The standard InChI is InChI=1S/C36H46NO/c1-22-27-17-23(19-34(2,3)4)12-13-26(27)28(21-36(8,9)10)33-30(22)32-31-25(14-15-37(32)11)16-24(18-29(31)38-33)20-35(5,6)7/h12-18H,19-21H2,1-11H3/q+1/i14D,15D. The average Bonchev–Trinajstić information content (AvgIpc) is 2.80. The molecule has 0 fully saturated rings. The fourth-order valence-corrected chi connectivity index (χ4v) is 6.15. The van der Waals surface area contributed by atoms with Gasteiger partial charge in [-0.15, -0.1) is 0 Å². The monoisotopic (exact) mass is 510 g/mol. The van der Waals surface area contributed by atoms with Gasteiger partial charge in [-0.25, -0.2) is 4.57 Å². The summed E-state index contributed by atoms with van der Waals surface area (Å²) >= 11 is 0. The molecule has 38 heavy (non-hydrogen) atoms. The van der Waals surface area contributed by atoms with E-state index >= 15 is 0 Å². The maximum Gasteiger partial charge on any atom is 0.228 e. The van der Waals surface area contributed by atoms with Gasteiger partial charge in [-0.05, 0) is 81.3 Å². The van der Waals surface area contributed by atoms with E-state index in [0.29, 0.717) is 0 Å². The molecule has 4 aromatic rings. The molecular weight excluding hydrogens is 462 g/mol. The predicted molar refractivity (Wildman–Crippen MR) is 162 cm³/mol. The molecule has 2 heteroatoms. The molecule has 0 N–H and O–H groups in total. The van der Waals surface area contributed by atoms with Gasteiger partial charge in [0.25, 0.3) is 0 Å². The molecule has 200 valence electrons. The summed E-state index contributed by atoms with van der Waals surface area (Å²) < 4.78 is 26.8. The van der Waals surface area contributed by atoms with Crippen LogP contribution in [0.1, 0.15) is 87.3 Å². The molecule has 1 aromatic heterocycles. The van der Waals surface area contributed by atoms with Gasteiger partial charge < -0.3 is 4.74 Å². The maximum atomic E-state index is 8.96. The summed E-state index contributed by atoms with van der Waals surface area (Å²) in [5.74, 6) is 1.72.